The smallest absolute Gasteiger partial charge is 0.221 e. The van der Waals surface area contributed by atoms with Crippen LogP contribution in [0.4, 0.5) is 0 Å². The maximum atomic E-state index is 7.88. The molecule has 0 aromatic carbocycles. The molecule has 0 atom stereocenters. The molecule has 0 bridgehead atoms. The van der Waals surface area contributed by atoms with Crippen LogP contribution in [-0.4, -0.2) is 16.8 Å². The maximum Gasteiger partial charge on any atom is 0.230 e. The molecular weight excluding hydrogens is 168 g/mol. The molecule has 6 nitrogen and oxygen atoms in total. The molecule has 0 saturated carbocycles. The van der Waals surface area contributed by atoms with Gasteiger partial charge in [0, 0.05) is 6.42 Å². The van der Waals surface area contributed by atoms with Crippen molar-refractivity contribution in [3.05, 3.63) is 0 Å². The number of hydrogen-bond donors (Lipinski definition) is 2. The van der Waals surface area contributed by atoms with E-state index in [1.54, 1.807) is 0 Å². The lowest BCUT2D eigenvalue weighted by Gasteiger charge is -2.10. The number of hydrogen-bond acceptors (Lipinski definition) is 6. The summed E-state index contributed by atoms with van der Waals surface area (Å²) in [5, 5.41) is 22.5. The summed E-state index contributed by atoms with van der Waals surface area (Å²) < 4.78 is 0. The van der Waals surface area contributed by atoms with Crippen molar-refractivity contribution in [2.24, 2.45) is 0 Å². The lowest BCUT2D eigenvalue weighted by atomic mass is 10.2. The quantitative estimate of drug-likeness (QED) is 0.257. The Morgan fingerprint density at radius 3 is 2.08 bits per heavy atom. The molecule has 0 heterocycles. The highest BCUT2D eigenvalue weighted by molar-refractivity contribution is 4.42. The summed E-state index contributed by atoms with van der Waals surface area (Å²) in [5.74, 6) is 0. The molecule has 0 rings (SSSR count). The minimum atomic E-state index is -0.911. The second-order valence-corrected chi connectivity index (χ2v) is 2.27. The topological polar surface area (TPSA) is 77.4 Å². The third-order valence-electron chi connectivity index (χ3n) is 1.34. The van der Waals surface area contributed by atoms with Crippen molar-refractivity contribution in [2.75, 3.05) is 0 Å². The van der Waals surface area contributed by atoms with E-state index in [1.807, 2.05) is 6.92 Å². The largest absolute Gasteiger partial charge is 0.230 e. The molecular formula is C6H14O6. The molecule has 0 fully saturated rings. The van der Waals surface area contributed by atoms with Crippen LogP contribution in [0.5, 0.6) is 0 Å². The van der Waals surface area contributed by atoms with Crippen LogP contribution >= 0.6 is 0 Å². The Morgan fingerprint density at radius 2 is 1.67 bits per heavy atom. The van der Waals surface area contributed by atoms with Gasteiger partial charge in [0.1, 0.15) is 0 Å². The van der Waals surface area contributed by atoms with E-state index in [0.717, 1.165) is 19.3 Å². The normalized spacial score (nSPS) is 11.0. The van der Waals surface area contributed by atoms with E-state index in [-0.39, 0.29) is 0 Å². The Labute approximate surface area is 70.3 Å². The van der Waals surface area contributed by atoms with Gasteiger partial charge >= 0.3 is 0 Å². The zero-order valence-electron chi connectivity index (χ0n) is 6.93. The van der Waals surface area contributed by atoms with Crippen molar-refractivity contribution >= 4 is 0 Å². The van der Waals surface area contributed by atoms with Gasteiger partial charge in [-0.25, -0.2) is 10.5 Å². The SMILES string of the molecule is CCCCCC(OOO)OOO. The third kappa shape index (κ3) is 6.47. The predicted molar refractivity (Wildman–Crippen MR) is 37.5 cm³/mol. The first kappa shape index (κ1) is 11.8. The van der Waals surface area contributed by atoms with Crippen LogP contribution in [0.1, 0.15) is 32.6 Å². The van der Waals surface area contributed by atoms with Gasteiger partial charge in [-0.15, -0.1) is 0 Å². The summed E-state index contributed by atoms with van der Waals surface area (Å²) in [6.45, 7) is 2.04. The predicted octanol–water partition coefficient (Wildman–Crippen LogP) is 1.74. The molecule has 6 heteroatoms. The van der Waals surface area contributed by atoms with Crippen LogP contribution in [0.25, 0.3) is 0 Å². The first-order chi connectivity index (χ1) is 5.85. The van der Waals surface area contributed by atoms with Crippen molar-refractivity contribution < 1.29 is 30.4 Å². The summed E-state index contributed by atoms with van der Waals surface area (Å²) in [7, 11) is 0. The minimum Gasteiger partial charge on any atom is -0.221 e. The summed E-state index contributed by atoms with van der Waals surface area (Å²) >= 11 is 0. The molecule has 0 aromatic rings. The Hall–Kier alpha value is -0.240. The Morgan fingerprint density at radius 1 is 1.08 bits per heavy atom. The second kappa shape index (κ2) is 8.85. The van der Waals surface area contributed by atoms with E-state index in [4.69, 9.17) is 10.5 Å². The molecule has 0 aliphatic heterocycles. The van der Waals surface area contributed by atoms with Crippen molar-refractivity contribution in [1.82, 2.24) is 0 Å². The Bertz CT molecular complexity index is 82.1. The first-order valence-electron chi connectivity index (χ1n) is 3.79. The zero-order valence-corrected chi connectivity index (χ0v) is 6.93. The highest BCUT2D eigenvalue weighted by Crippen LogP contribution is 2.07. The van der Waals surface area contributed by atoms with Crippen LogP contribution < -0.4 is 0 Å². The van der Waals surface area contributed by atoms with Gasteiger partial charge < -0.3 is 0 Å². The minimum absolute atomic E-state index is 0.467. The van der Waals surface area contributed by atoms with Gasteiger partial charge in [-0.2, -0.15) is 9.78 Å². The van der Waals surface area contributed by atoms with Crippen LogP contribution in [0.2, 0.25) is 0 Å². The monoisotopic (exact) mass is 182 g/mol. The van der Waals surface area contributed by atoms with Crippen molar-refractivity contribution in [3.63, 3.8) is 0 Å². The fourth-order valence-corrected chi connectivity index (χ4v) is 0.769. The number of rotatable bonds is 8. The molecule has 12 heavy (non-hydrogen) atoms. The molecule has 0 spiro atoms. The molecule has 0 aromatic heterocycles. The van der Waals surface area contributed by atoms with Gasteiger partial charge in [0.25, 0.3) is 0 Å². The van der Waals surface area contributed by atoms with E-state index < -0.39 is 6.29 Å². The molecule has 0 amide bonds. The molecule has 0 saturated heterocycles. The lowest BCUT2D eigenvalue weighted by molar-refractivity contribution is -0.602. The summed E-state index contributed by atoms with van der Waals surface area (Å²) in [5.41, 5.74) is 0. The highest BCUT2D eigenvalue weighted by atomic mass is 17.5. The van der Waals surface area contributed by atoms with Gasteiger partial charge in [0.05, 0.1) is 0 Å². The Balaban J connectivity index is 3.34. The molecule has 74 valence electrons. The average Bonchev–Trinajstić information content (AvgIpc) is 2.06. The summed E-state index contributed by atoms with van der Waals surface area (Å²) in [4.78, 5) is 8.35. The second-order valence-electron chi connectivity index (χ2n) is 2.27. The lowest BCUT2D eigenvalue weighted by Crippen LogP contribution is -2.16. The van der Waals surface area contributed by atoms with Crippen LogP contribution in [-0.2, 0) is 19.9 Å². The van der Waals surface area contributed by atoms with Crippen LogP contribution in [0.15, 0.2) is 0 Å². The molecule has 0 unspecified atom stereocenters. The fraction of sp³-hybridized carbons (Fsp3) is 1.00. The van der Waals surface area contributed by atoms with E-state index in [0.29, 0.717) is 6.42 Å². The third-order valence-corrected chi connectivity index (χ3v) is 1.34. The first-order valence-corrected chi connectivity index (χ1v) is 3.79. The van der Waals surface area contributed by atoms with E-state index in [9.17, 15) is 0 Å². The van der Waals surface area contributed by atoms with Gasteiger partial charge in [-0.3, -0.25) is 0 Å². The standard InChI is InChI=1S/C6H14O6/c1-2-3-4-5-6(9-11-7)10-12-8/h6-8H,2-5H2,1H3. The molecule has 0 radical (unpaired) electrons. The van der Waals surface area contributed by atoms with Gasteiger partial charge in [-0.1, -0.05) is 29.8 Å². The highest BCUT2D eigenvalue weighted by Gasteiger charge is 2.11. The van der Waals surface area contributed by atoms with E-state index in [2.05, 4.69) is 19.9 Å². The summed E-state index contributed by atoms with van der Waals surface area (Å²) in [6.07, 6.45) is 2.43. The van der Waals surface area contributed by atoms with E-state index >= 15 is 0 Å². The average molecular weight is 182 g/mol. The zero-order chi connectivity index (χ0) is 9.23. The molecule has 0 aliphatic rings. The van der Waals surface area contributed by atoms with Crippen molar-refractivity contribution in [1.29, 1.82) is 0 Å². The number of unbranched alkanes of at least 4 members (excludes halogenated alkanes) is 2. The van der Waals surface area contributed by atoms with Gasteiger partial charge in [0.2, 0.25) is 6.29 Å². The van der Waals surface area contributed by atoms with Gasteiger partial charge in [-0.05, 0) is 6.42 Å². The van der Waals surface area contributed by atoms with Crippen molar-refractivity contribution in [3.8, 4) is 0 Å². The Kier molecular flexibility index (Phi) is 8.68. The van der Waals surface area contributed by atoms with Crippen LogP contribution in [0.3, 0.4) is 0 Å². The fourth-order valence-electron chi connectivity index (χ4n) is 0.769. The van der Waals surface area contributed by atoms with Gasteiger partial charge in [0.15, 0.2) is 0 Å². The van der Waals surface area contributed by atoms with Crippen LogP contribution in [0, 0.1) is 0 Å². The van der Waals surface area contributed by atoms with Crippen molar-refractivity contribution in [2.45, 2.75) is 38.9 Å². The molecule has 0 aliphatic carbocycles. The van der Waals surface area contributed by atoms with E-state index in [1.165, 1.54) is 0 Å². The molecule has 2 N–H and O–H groups in total. The maximum absolute atomic E-state index is 7.88. The summed E-state index contributed by atoms with van der Waals surface area (Å²) in [6, 6.07) is 0.